The maximum atomic E-state index is 10.7. The molecule has 1 aliphatic heterocycles. The van der Waals surface area contributed by atoms with Crippen molar-refractivity contribution in [1.82, 2.24) is 19.3 Å². The highest BCUT2D eigenvalue weighted by Crippen LogP contribution is 2.12. The number of nitrogen functional groups attached to an aromatic ring is 1. The van der Waals surface area contributed by atoms with Crippen molar-refractivity contribution in [2.45, 2.75) is 0 Å². The molecule has 1 aromatic heterocycles. The van der Waals surface area contributed by atoms with E-state index >= 15 is 0 Å². The molecule has 1 aromatic rings. The van der Waals surface area contributed by atoms with Gasteiger partial charge in [-0.15, -0.1) is 9.89 Å². The molecule has 3 N–H and O–H groups in total. The number of nitrogens with one attached hydrogen (secondary N) is 1. The molecule has 10 heteroatoms. The van der Waals surface area contributed by atoms with Crippen molar-refractivity contribution in [2.24, 2.45) is 0 Å². The molecule has 1 amide bonds. The van der Waals surface area contributed by atoms with Gasteiger partial charge in [-0.05, 0) is 11.9 Å². The molecule has 2 rings (SSSR count). The zero-order valence-corrected chi connectivity index (χ0v) is 10.8. The van der Waals surface area contributed by atoms with Crippen molar-refractivity contribution < 1.29 is 9.53 Å². The van der Waals surface area contributed by atoms with Gasteiger partial charge >= 0.3 is 0 Å². The zero-order valence-electron chi connectivity index (χ0n) is 9.94. The van der Waals surface area contributed by atoms with Gasteiger partial charge in [-0.25, -0.2) is 5.53 Å². The summed E-state index contributed by atoms with van der Waals surface area (Å²) in [6.07, 6.45) is 2.37. The highest BCUT2D eigenvalue weighted by molar-refractivity contribution is 7.96. The summed E-state index contributed by atoms with van der Waals surface area (Å²) < 4.78 is 6.48. The van der Waals surface area contributed by atoms with Crippen LogP contribution in [-0.2, 0) is 9.53 Å². The largest absolute Gasteiger partial charge is 0.378 e. The summed E-state index contributed by atoms with van der Waals surface area (Å²) >= 11 is 1.19. The standard InChI is InChI=1S/C8H15N7O2S/c1-18-14(6-16)12-15-7(9)10-8(11-15)13-2-4-17-5-3-13/h6,12H,2-5H2,1H3,(H2,9,10,11). The second-order valence-electron chi connectivity index (χ2n) is 3.50. The van der Waals surface area contributed by atoms with E-state index in [-0.39, 0.29) is 5.95 Å². The summed E-state index contributed by atoms with van der Waals surface area (Å²) in [4.78, 5) is 18.0. The number of carbonyl (C=O) groups is 1. The number of anilines is 2. The lowest BCUT2D eigenvalue weighted by Crippen LogP contribution is -2.37. The van der Waals surface area contributed by atoms with Crippen LogP contribution in [0.4, 0.5) is 11.9 Å². The first kappa shape index (κ1) is 12.8. The lowest BCUT2D eigenvalue weighted by Gasteiger charge is -2.25. The Labute approximate surface area is 108 Å². The average Bonchev–Trinajstić information content (AvgIpc) is 2.78. The first-order chi connectivity index (χ1) is 8.74. The van der Waals surface area contributed by atoms with Crippen LogP contribution in [0.2, 0.25) is 0 Å². The van der Waals surface area contributed by atoms with E-state index in [1.54, 1.807) is 6.26 Å². The molecule has 0 saturated carbocycles. The molecular formula is C8H15N7O2S. The van der Waals surface area contributed by atoms with Gasteiger partial charge in [0.25, 0.3) is 0 Å². The number of amides is 1. The lowest BCUT2D eigenvalue weighted by molar-refractivity contribution is -0.113. The molecule has 0 bridgehead atoms. The van der Waals surface area contributed by atoms with Crippen LogP contribution >= 0.6 is 11.9 Å². The predicted molar refractivity (Wildman–Crippen MR) is 68.2 cm³/mol. The van der Waals surface area contributed by atoms with Gasteiger partial charge in [0.15, 0.2) is 0 Å². The first-order valence-electron chi connectivity index (χ1n) is 5.35. The molecule has 0 radical (unpaired) electrons. The molecule has 9 nitrogen and oxygen atoms in total. The summed E-state index contributed by atoms with van der Waals surface area (Å²) in [5.74, 6) is 0.715. The van der Waals surface area contributed by atoms with Crippen molar-refractivity contribution in [2.75, 3.05) is 48.7 Å². The number of carbonyl (C=O) groups excluding carboxylic acids is 1. The molecule has 1 fully saturated rings. The maximum absolute atomic E-state index is 10.7. The van der Waals surface area contributed by atoms with Gasteiger partial charge in [0.05, 0.1) is 13.2 Å². The molecular weight excluding hydrogens is 258 g/mol. The minimum atomic E-state index is 0.192. The quantitative estimate of drug-likeness (QED) is 0.396. The SMILES string of the molecule is CSN(C=O)Nn1nc(N2CCOCC2)nc1N. The van der Waals surface area contributed by atoms with E-state index in [4.69, 9.17) is 10.5 Å². The van der Waals surface area contributed by atoms with Crippen LogP contribution in [0.5, 0.6) is 0 Å². The van der Waals surface area contributed by atoms with E-state index in [9.17, 15) is 4.79 Å². The Kier molecular flexibility index (Phi) is 4.10. The summed E-state index contributed by atoms with van der Waals surface area (Å²) in [7, 11) is 0. The molecule has 0 unspecified atom stereocenters. The van der Waals surface area contributed by atoms with Crippen LogP contribution in [0.3, 0.4) is 0 Å². The van der Waals surface area contributed by atoms with Crippen molar-refractivity contribution in [3.8, 4) is 0 Å². The Morgan fingerprint density at radius 2 is 2.28 bits per heavy atom. The highest BCUT2D eigenvalue weighted by atomic mass is 32.2. The van der Waals surface area contributed by atoms with E-state index in [2.05, 4.69) is 15.6 Å². The third-order valence-corrected chi connectivity index (χ3v) is 2.96. The Morgan fingerprint density at radius 1 is 1.56 bits per heavy atom. The number of rotatable bonds is 5. The number of nitrogens with two attached hydrogens (primary N) is 1. The van der Waals surface area contributed by atoms with Crippen molar-refractivity contribution in [3.63, 3.8) is 0 Å². The molecule has 18 heavy (non-hydrogen) atoms. The fourth-order valence-electron chi connectivity index (χ4n) is 1.48. The number of hydrogen-bond donors (Lipinski definition) is 2. The van der Waals surface area contributed by atoms with E-state index in [0.29, 0.717) is 25.6 Å². The van der Waals surface area contributed by atoms with E-state index in [1.165, 1.54) is 21.2 Å². The van der Waals surface area contributed by atoms with Crippen LogP contribution in [0.1, 0.15) is 0 Å². The Hall–Kier alpha value is -1.68. The number of morpholine rings is 1. The van der Waals surface area contributed by atoms with Crippen LogP contribution < -0.4 is 16.2 Å². The second kappa shape index (κ2) is 5.78. The minimum absolute atomic E-state index is 0.192. The molecule has 0 atom stereocenters. The maximum Gasteiger partial charge on any atom is 0.248 e. The number of nitrogens with zero attached hydrogens (tertiary/aromatic N) is 5. The van der Waals surface area contributed by atoms with E-state index in [1.807, 2.05) is 4.90 Å². The van der Waals surface area contributed by atoms with Gasteiger partial charge in [0.1, 0.15) is 0 Å². The molecule has 100 valence electrons. The van der Waals surface area contributed by atoms with Gasteiger partial charge in [-0.1, -0.05) is 0 Å². The Bertz CT molecular complexity index is 406. The lowest BCUT2D eigenvalue weighted by atomic mass is 10.4. The molecule has 1 aliphatic rings. The van der Waals surface area contributed by atoms with Crippen LogP contribution in [-0.4, -0.2) is 58.3 Å². The van der Waals surface area contributed by atoms with Gasteiger partial charge in [0.2, 0.25) is 18.3 Å². The molecule has 0 spiro atoms. The van der Waals surface area contributed by atoms with Gasteiger partial charge < -0.3 is 15.4 Å². The fraction of sp³-hybridized carbons (Fsp3) is 0.625. The van der Waals surface area contributed by atoms with Gasteiger partial charge in [0, 0.05) is 19.3 Å². The summed E-state index contributed by atoms with van der Waals surface area (Å²) in [5, 5.41) is 4.20. The molecule has 0 aromatic carbocycles. The van der Waals surface area contributed by atoms with Crippen LogP contribution in [0, 0.1) is 0 Å². The predicted octanol–water partition coefficient (Wildman–Crippen LogP) is -1.11. The van der Waals surface area contributed by atoms with Crippen LogP contribution in [0.15, 0.2) is 0 Å². The molecule has 2 heterocycles. The minimum Gasteiger partial charge on any atom is -0.378 e. The number of hydrazine groups is 1. The van der Waals surface area contributed by atoms with E-state index in [0.717, 1.165) is 13.1 Å². The first-order valence-corrected chi connectivity index (χ1v) is 6.53. The number of hydrogen-bond acceptors (Lipinski definition) is 8. The normalized spacial score (nSPS) is 15.5. The molecule has 1 saturated heterocycles. The van der Waals surface area contributed by atoms with Crippen molar-refractivity contribution in [3.05, 3.63) is 0 Å². The van der Waals surface area contributed by atoms with Crippen LogP contribution in [0.25, 0.3) is 0 Å². The number of aromatic nitrogens is 3. The summed E-state index contributed by atoms with van der Waals surface area (Å²) in [6, 6.07) is 0. The third-order valence-electron chi connectivity index (χ3n) is 2.40. The smallest absolute Gasteiger partial charge is 0.248 e. The third kappa shape index (κ3) is 2.76. The second-order valence-corrected chi connectivity index (χ2v) is 4.25. The Morgan fingerprint density at radius 3 is 2.89 bits per heavy atom. The Balaban J connectivity index is 2.08. The number of ether oxygens (including phenoxy) is 1. The summed E-state index contributed by atoms with van der Waals surface area (Å²) in [6.45, 7) is 2.74. The van der Waals surface area contributed by atoms with E-state index < -0.39 is 0 Å². The fourth-order valence-corrected chi connectivity index (χ4v) is 1.73. The zero-order chi connectivity index (χ0) is 13.0. The van der Waals surface area contributed by atoms with Crippen molar-refractivity contribution >= 4 is 30.3 Å². The topological polar surface area (TPSA) is 102 Å². The average molecular weight is 273 g/mol. The van der Waals surface area contributed by atoms with Gasteiger partial charge in [-0.3, -0.25) is 4.79 Å². The summed E-state index contributed by atoms with van der Waals surface area (Å²) in [5.41, 5.74) is 8.42. The van der Waals surface area contributed by atoms with Gasteiger partial charge in [-0.2, -0.15) is 9.40 Å². The monoisotopic (exact) mass is 273 g/mol. The van der Waals surface area contributed by atoms with Crippen molar-refractivity contribution in [1.29, 1.82) is 0 Å². The molecule has 0 aliphatic carbocycles. The highest BCUT2D eigenvalue weighted by Gasteiger charge is 2.17.